The van der Waals surface area contributed by atoms with Gasteiger partial charge in [0, 0.05) is 6.07 Å². The highest BCUT2D eigenvalue weighted by atomic mass is 16.5. The maximum absolute atomic E-state index is 12.0. The molecule has 0 radical (unpaired) electrons. The summed E-state index contributed by atoms with van der Waals surface area (Å²) in [6.07, 6.45) is 1.54. The number of amides is 1. The number of furan rings is 1. The number of aromatic hydroxyl groups is 1. The van der Waals surface area contributed by atoms with E-state index in [2.05, 4.69) is 5.32 Å². The van der Waals surface area contributed by atoms with Crippen molar-refractivity contribution in [2.24, 2.45) is 0 Å². The summed E-state index contributed by atoms with van der Waals surface area (Å²) < 4.78 is 10.2. The van der Waals surface area contributed by atoms with Crippen molar-refractivity contribution in [1.29, 1.82) is 0 Å². The van der Waals surface area contributed by atoms with E-state index < -0.39 is 0 Å². The minimum absolute atomic E-state index is 0.122. The SMILES string of the molecule is COc1ccc(C(=O)N[C@H](C)c2ccco2)c(O)c1. The molecule has 5 heteroatoms. The fourth-order valence-corrected chi connectivity index (χ4v) is 1.71. The predicted molar refractivity (Wildman–Crippen MR) is 69.2 cm³/mol. The monoisotopic (exact) mass is 261 g/mol. The van der Waals surface area contributed by atoms with Crippen molar-refractivity contribution < 1.29 is 19.1 Å². The lowest BCUT2D eigenvalue weighted by Crippen LogP contribution is -2.26. The van der Waals surface area contributed by atoms with Crippen LogP contribution < -0.4 is 10.1 Å². The molecule has 2 aromatic rings. The molecular weight excluding hydrogens is 246 g/mol. The molecule has 1 amide bonds. The van der Waals surface area contributed by atoms with Crippen LogP contribution in [0.15, 0.2) is 41.0 Å². The van der Waals surface area contributed by atoms with Crippen molar-refractivity contribution in [1.82, 2.24) is 5.32 Å². The number of hydrogen-bond donors (Lipinski definition) is 2. The number of carbonyl (C=O) groups excluding carboxylic acids is 1. The van der Waals surface area contributed by atoms with Crippen molar-refractivity contribution in [3.63, 3.8) is 0 Å². The Morgan fingerprint density at radius 2 is 2.21 bits per heavy atom. The highest BCUT2D eigenvalue weighted by Gasteiger charge is 2.16. The third kappa shape index (κ3) is 2.88. The van der Waals surface area contributed by atoms with Gasteiger partial charge in [-0.25, -0.2) is 0 Å². The van der Waals surface area contributed by atoms with Crippen molar-refractivity contribution in [2.45, 2.75) is 13.0 Å². The zero-order chi connectivity index (χ0) is 13.8. The normalized spacial score (nSPS) is 11.9. The van der Waals surface area contributed by atoms with Gasteiger partial charge in [-0.15, -0.1) is 0 Å². The number of rotatable bonds is 4. The summed E-state index contributed by atoms with van der Waals surface area (Å²) in [5.41, 5.74) is 0.194. The summed E-state index contributed by atoms with van der Waals surface area (Å²) in [4.78, 5) is 12.0. The van der Waals surface area contributed by atoms with Gasteiger partial charge in [0.1, 0.15) is 17.3 Å². The van der Waals surface area contributed by atoms with E-state index in [1.807, 2.05) is 0 Å². The van der Waals surface area contributed by atoms with E-state index in [0.29, 0.717) is 11.5 Å². The van der Waals surface area contributed by atoms with E-state index in [1.165, 1.54) is 19.2 Å². The second kappa shape index (κ2) is 5.48. The van der Waals surface area contributed by atoms with Gasteiger partial charge in [0.25, 0.3) is 5.91 Å². The molecule has 1 heterocycles. The Kier molecular flexibility index (Phi) is 3.75. The first-order valence-corrected chi connectivity index (χ1v) is 5.83. The van der Waals surface area contributed by atoms with Crippen LogP contribution in [-0.4, -0.2) is 18.1 Å². The summed E-state index contributed by atoms with van der Waals surface area (Å²) in [5, 5.41) is 12.5. The highest BCUT2D eigenvalue weighted by molar-refractivity contribution is 5.97. The van der Waals surface area contributed by atoms with Gasteiger partial charge in [-0.3, -0.25) is 4.79 Å². The summed E-state index contributed by atoms with van der Waals surface area (Å²) in [6.45, 7) is 1.80. The Hall–Kier alpha value is -2.43. The molecule has 5 nitrogen and oxygen atoms in total. The van der Waals surface area contributed by atoms with Crippen LogP contribution in [0.2, 0.25) is 0 Å². The van der Waals surface area contributed by atoms with Crippen LogP contribution in [0.4, 0.5) is 0 Å². The first kappa shape index (κ1) is 13.0. The molecule has 0 aliphatic rings. The lowest BCUT2D eigenvalue weighted by atomic mass is 10.1. The van der Waals surface area contributed by atoms with Crippen LogP contribution in [0, 0.1) is 0 Å². The van der Waals surface area contributed by atoms with E-state index in [9.17, 15) is 9.90 Å². The molecule has 1 aromatic heterocycles. The number of benzene rings is 1. The molecule has 0 bridgehead atoms. The number of carbonyl (C=O) groups is 1. The van der Waals surface area contributed by atoms with Gasteiger partial charge in [0.2, 0.25) is 0 Å². The van der Waals surface area contributed by atoms with Crippen molar-refractivity contribution >= 4 is 5.91 Å². The van der Waals surface area contributed by atoms with Crippen LogP contribution in [-0.2, 0) is 0 Å². The van der Waals surface area contributed by atoms with Crippen molar-refractivity contribution in [3.8, 4) is 11.5 Å². The molecule has 19 heavy (non-hydrogen) atoms. The molecule has 0 fully saturated rings. The molecule has 0 spiro atoms. The van der Waals surface area contributed by atoms with Gasteiger partial charge in [-0.2, -0.15) is 0 Å². The number of nitrogens with one attached hydrogen (secondary N) is 1. The molecular formula is C14H15NO4. The van der Waals surface area contributed by atoms with Gasteiger partial charge in [-0.05, 0) is 31.2 Å². The van der Waals surface area contributed by atoms with E-state index in [-0.39, 0.29) is 23.3 Å². The van der Waals surface area contributed by atoms with E-state index in [4.69, 9.17) is 9.15 Å². The van der Waals surface area contributed by atoms with E-state index in [0.717, 1.165) is 0 Å². The molecule has 100 valence electrons. The minimum Gasteiger partial charge on any atom is -0.507 e. The van der Waals surface area contributed by atoms with Crippen molar-refractivity contribution in [2.75, 3.05) is 7.11 Å². The third-order valence-corrected chi connectivity index (χ3v) is 2.77. The van der Waals surface area contributed by atoms with Crippen LogP contribution >= 0.6 is 0 Å². The maximum atomic E-state index is 12.0. The van der Waals surface area contributed by atoms with Crippen LogP contribution in [0.1, 0.15) is 29.1 Å². The smallest absolute Gasteiger partial charge is 0.255 e. The quantitative estimate of drug-likeness (QED) is 0.887. The fraction of sp³-hybridized carbons (Fsp3) is 0.214. The van der Waals surface area contributed by atoms with Gasteiger partial charge < -0.3 is 19.6 Å². The first-order chi connectivity index (χ1) is 9.11. The van der Waals surface area contributed by atoms with Gasteiger partial charge in [0.05, 0.1) is 25.0 Å². The second-order valence-electron chi connectivity index (χ2n) is 4.09. The molecule has 1 aromatic carbocycles. The summed E-state index contributed by atoms with van der Waals surface area (Å²) in [6, 6.07) is 7.78. The number of phenolic OH excluding ortho intramolecular Hbond substituents is 1. The summed E-state index contributed by atoms with van der Waals surface area (Å²) in [7, 11) is 1.49. The Labute approximate surface area is 110 Å². The highest BCUT2D eigenvalue weighted by Crippen LogP contribution is 2.24. The lowest BCUT2D eigenvalue weighted by molar-refractivity contribution is 0.0932. The van der Waals surface area contributed by atoms with Crippen LogP contribution in [0.3, 0.4) is 0 Å². The predicted octanol–water partition coefficient (Wildman–Crippen LogP) is 2.48. The molecule has 0 aliphatic carbocycles. The number of phenols is 1. The average molecular weight is 261 g/mol. The topological polar surface area (TPSA) is 71.7 Å². The fourth-order valence-electron chi connectivity index (χ4n) is 1.71. The molecule has 2 N–H and O–H groups in total. The largest absolute Gasteiger partial charge is 0.507 e. The first-order valence-electron chi connectivity index (χ1n) is 5.83. The van der Waals surface area contributed by atoms with E-state index in [1.54, 1.807) is 31.4 Å². The zero-order valence-electron chi connectivity index (χ0n) is 10.7. The number of ether oxygens (including phenoxy) is 1. The average Bonchev–Trinajstić information content (AvgIpc) is 2.92. The van der Waals surface area contributed by atoms with E-state index >= 15 is 0 Å². The number of hydrogen-bond acceptors (Lipinski definition) is 4. The summed E-state index contributed by atoms with van der Waals surface area (Å²) in [5.74, 6) is 0.655. The maximum Gasteiger partial charge on any atom is 0.255 e. The minimum atomic E-state index is -0.371. The second-order valence-corrected chi connectivity index (χ2v) is 4.09. The van der Waals surface area contributed by atoms with Crippen LogP contribution in [0.25, 0.3) is 0 Å². The lowest BCUT2D eigenvalue weighted by Gasteiger charge is -2.12. The molecule has 0 aliphatic heterocycles. The molecule has 2 rings (SSSR count). The van der Waals surface area contributed by atoms with Crippen LogP contribution in [0.5, 0.6) is 11.5 Å². The summed E-state index contributed by atoms with van der Waals surface area (Å²) >= 11 is 0. The Morgan fingerprint density at radius 3 is 2.79 bits per heavy atom. The van der Waals surface area contributed by atoms with Gasteiger partial charge in [-0.1, -0.05) is 0 Å². The Balaban J connectivity index is 2.12. The van der Waals surface area contributed by atoms with Crippen molar-refractivity contribution in [3.05, 3.63) is 47.9 Å². The standard InChI is InChI=1S/C14H15NO4/c1-9(13-4-3-7-19-13)15-14(17)11-6-5-10(18-2)8-12(11)16/h3-9,16H,1-2H3,(H,15,17)/t9-/m1/s1. The molecule has 1 atom stereocenters. The number of methoxy groups -OCH3 is 1. The Bertz CT molecular complexity index is 563. The zero-order valence-corrected chi connectivity index (χ0v) is 10.7. The molecule has 0 saturated heterocycles. The Morgan fingerprint density at radius 1 is 1.42 bits per heavy atom. The third-order valence-electron chi connectivity index (χ3n) is 2.77. The molecule has 0 unspecified atom stereocenters. The van der Waals surface area contributed by atoms with Gasteiger partial charge in [0.15, 0.2) is 0 Å². The van der Waals surface area contributed by atoms with Gasteiger partial charge >= 0.3 is 0 Å². The molecule has 0 saturated carbocycles.